The van der Waals surface area contributed by atoms with Crippen molar-refractivity contribution in [1.29, 1.82) is 0 Å². The molecule has 7 nitrogen and oxygen atoms in total. The molecule has 28 heavy (non-hydrogen) atoms. The molecule has 0 saturated carbocycles. The SMILES string of the molecule is CC(=O)Nc1ccc(NC(=O)c2nc(C)n(-c3c(Cl)cccc3Cl)n2)c(Cl)c1. The van der Waals surface area contributed by atoms with Gasteiger partial charge in [0.2, 0.25) is 11.7 Å². The summed E-state index contributed by atoms with van der Waals surface area (Å²) in [6.07, 6.45) is 0. The molecule has 0 atom stereocenters. The van der Waals surface area contributed by atoms with Crippen LogP contribution in [0.2, 0.25) is 15.1 Å². The number of hydrogen-bond acceptors (Lipinski definition) is 4. The normalized spacial score (nSPS) is 10.6. The van der Waals surface area contributed by atoms with Crippen molar-refractivity contribution in [2.24, 2.45) is 0 Å². The second kappa shape index (κ2) is 8.18. The molecule has 0 saturated heterocycles. The van der Waals surface area contributed by atoms with Gasteiger partial charge in [0.1, 0.15) is 11.5 Å². The van der Waals surface area contributed by atoms with Gasteiger partial charge in [-0.15, -0.1) is 5.10 Å². The number of carbonyl (C=O) groups is 2. The van der Waals surface area contributed by atoms with Crippen LogP contribution in [-0.4, -0.2) is 26.6 Å². The van der Waals surface area contributed by atoms with E-state index in [9.17, 15) is 9.59 Å². The Balaban J connectivity index is 1.86. The average molecular weight is 439 g/mol. The topological polar surface area (TPSA) is 88.9 Å². The van der Waals surface area contributed by atoms with Gasteiger partial charge in [0, 0.05) is 12.6 Å². The Morgan fingerprint density at radius 1 is 1.00 bits per heavy atom. The Morgan fingerprint density at radius 2 is 1.68 bits per heavy atom. The van der Waals surface area contributed by atoms with Gasteiger partial charge in [0.15, 0.2) is 0 Å². The van der Waals surface area contributed by atoms with Crippen LogP contribution in [0.25, 0.3) is 5.69 Å². The van der Waals surface area contributed by atoms with Crippen molar-refractivity contribution < 1.29 is 9.59 Å². The summed E-state index contributed by atoms with van der Waals surface area (Å²) in [5.74, 6) is -0.418. The van der Waals surface area contributed by atoms with E-state index in [1.807, 2.05) is 0 Å². The number of aryl methyl sites for hydroxylation is 1. The summed E-state index contributed by atoms with van der Waals surface area (Å²) in [4.78, 5) is 27.8. The van der Waals surface area contributed by atoms with Crippen molar-refractivity contribution in [1.82, 2.24) is 14.8 Å². The van der Waals surface area contributed by atoms with Gasteiger partial charge in [-0.05, 0) is 37.3 Å². The molecule has 2 aromatic carbocycles. The molecule has 0 aliphatic heterocycles. The van der Waals surface area contributed by atoms with E-state index in [0.29, 0.717) is 32.9 Å². The minimum Gasteiger partial charge on any atom is -0.326 e. The first-order chi connectivity index (χ1) is 13.3. The fourth-order valence-electron chi connectivity index (χ4n) is 2.47. The van der Waals surface area contributed by atoms with E-state index in [2.05, 4.69) is 20.7 Å². The minimum absolute atomic E-state index is 0.0736. The zero-order valence-corrected chi connectivity index (χ0v) is 17.0. The summed E-state index contributed by atoms with van der Waals surface area (Å²) in [7, 11) is 0. The number of para-hydroxylation sites is 1. The molecule has 0 aliphatic carbocycles. The van der Waals surface area contributed by atoms with Crippen LogP contribution in [0.5, 0.6) is 0 Å². The van der Waals surface area contributed by atoms with Crippen LogP contribution in [0, 0.1) is 6.92 Å². The predicted molar refractivity (Wildman–Crippen MR) is 110 cm³/mol. The molecule has 0 unspecified atom stereocenters. The third-order valence-corrected chi connectivity index (χ3v) is 4.58. The van der Waals surface area contributed by atoms with Gasteiger partial charge in [-0.2, -0.15) is 0 Å². The molecule has 0 fully saturated rings. The van der Waals surface area contributed by atoms with Gasteiger partial charge in [0.25, 0.3) is 5.91 Å². The molecule has 1 aromatic heterocycles. The molecular formula is C18H14Cl3N5O2. The second-order valence-corrected chi connectivity index (χ2v) is 7.02. The maximum absolute atomic E-state index is 12.6. The molecule has 0 bridgehead atoms. The van der Waals surface area contributed by atoms with Crippen LogP contribution in [0.15, 0.2) is 36.4 Å². The van der Waals surface area contributed by atoms with E-state index in [1.54, 1.807) is 37.3 Å². The maximum atomic E-state index is 12.6. The number of hydrogen-bond donors (Lipinski definition) is 2. The molecule has 0 radical (unpaired) electrons. The predicted octanol–water partition coefficient (Wildman–Crippen LogP) is 4.75. The lowest BCUT2D eigenvalue weighted by Crippen LogP contribution is -2.15. The number of nitrogens with zero attached hydrogens (tertiary/aromatic N) is 3. The molecule has 2 amide bonds. The number of halogens is 3. The molecule has 0 spiro atoms. The van der Waals surface area contributed by atoms with Crippen LogP contribution in [0.4, 0.5) is 11.4 Å². The summed E-state index contributed by atoms with van der Waals surface area (Å²) < 4.78 is 1.40. The largest absolute Gasteiger partial charge is 0.326 e. The van der Waals surface area contributed by atoms with E-state index in [0.717, 1.165) is 0 Å². The Morgan fingerprint density at radius 3 is 2.29 bits per heavy atom. The van der Waals surface area contributed by atoms with E-state index >= 15 is 0 Å². The summed E-state index contributed by atoms with van der Waals surface area (Å²) in [6, 6.07) is 9.75. The first kappa shape index (κ1) is 20.1. The molecule has 1 heterocycles. The second-order valence-electron chi connectivity index (χ2n) is 5.79. The summed E-state index contributed by atoms with van der Waals surface area (Å²) in [5, 5.41) is 10.5. The lowest BCUT2D eigenvalue weighted by Gasteiger charge is -2.08. The minimum atomic E-state index is -0.556. The number of rotatable bonds is 4. The van der Waals surface area contributed by atoms with Gasteiger partial charge in [-0.1, -0.05) is 40.9 Å². The maximum Gasteiger partial charge on any atom is 0.295 e. The van der Waals surface area contributed by atoms with Crippen molar-refractivity contribution in [3.8, 4) is 5.69 Å². The van der Waals surface area contributed by atoms with E-state index in [1.165, 1.54) is 17.7 Å². The third kappa shape index (κ3) is 4.27. The van der Waals surface area contributed by atoms with Crippen LogP contribution in [0.1, 0.15) is 23.4 Å². The molecule has 144 valence electrons. The fourth-order valence-corrected chi connectivity index (χ4v) is 3.25. The molecule has 0 aliphatic rings. The third-order valence-electron chi connectivity index (χ3n) is 3.66. The molecular weight excluding hydrogens is 425 g/mol. The lowest BCUT2D eigenvalue weighted by molar-refractivity contribution is -0.114. The average Bonchev–Trinajstić information content (AvgIpc) is 2.98. The van der Waals surface area contributed by atoms with Crippen LogP contribution < -0.4 is 10.6 Å². The molecule has 3 aromatic rings. The molecule has 10 heteroatoms. The highest BCUT2D eigenvalue weighted by Gasteiger charge is 2.19. The Labute approximate surface area is 175 Å². The van der Waals surface area contributed by atoms with Crippen LogP contribution >= 0.6 is 34.8 Å². The summed E-state index contributed by atoms with van der Waals surface area (Å²) in [6.45, 7) is 3.07. The highest BCUT2D eigenvalue weighted by atomic mass is 35.5. The van der Waals surface area contributed by atoms with Gasteiger partial charge in [0.05, 0.1) is 20.8 Å². The number of aromatic nitrogens is 3. The number of nitrogens with one attached hydrogen (secondary N) is 2. The van der Waals surface area contributed by atoms with Crippen molar-refractivity contribution in [3.05, 3.63) is 63.1 Å². The first-order valence-corrected chi connectivity index (χ1v) is 9.16. The summed E-state index contributed by atoms with van der Waals surface area (Å²) in [5.41, 5.74) is 1.31. The fraction of sp³-hybridized carbons (Fsp3) is 0.111. The van der Waals surface area contributed by atoms with Crippen LogP contribution in [0.3, 0.4) is 0 Å². The van der Waals surface area contributed by atoms with Crippen molar-refractivity contribution >= 4 is 58.0 Å². The smallest absolute Gasteiger partial charge is 0.295 e. The van der Waals surface area contributed by atoms with E-state index < -0.39 is 5.91 Å². The zero-order chi connectivity index (χ0) is 20.4. The number of benzene rings is 2. The van der Waals surface area contributed by atoms with Gasteiger partial charge >= 0.3 is 0 Å². The quantitative estimate of drug-likeness (QED) is 0.615. The number of amides is 2. The standard InChI is InChI=1S/C18H14Cl3N5O2/c1-9-22-17(25-26(9)16-12(19)4-3-5-13(16)20)18(28)24-15-7-6-11(8-14(15)21)23-10(2)27/h3-8H,1-2H3,(H,23,27)(H,24,28). The highest BCUT2D eigenvalue weighted by Crippen LogP contribution is 2.29. The van der Waals surface area contributed by atoms with E-state index in [-0.39, 0.29) is 16.8 Å². The molecule has 3 rings (SSSR count). The van der Waals surface area contributed by atoms with Crippen molar-refractivity contribution in [2.75, 3.05) is 10.6 Å². The Kier molecular flexibility index (Phi) is 5.88. The highest BCUT2D eigenvalue weighted by molar-refractivity contribution is 6.37. The van der Waals surface area contributed by atoms with Gasteiger partial charge < -0.3 is 10.6 Å². The molecule has 2 N–H and O–H groups in total. The van der Waals surface area contributed by atoms with Gasteiger partial charge in [-0.3, -0.25) is 9.59 Å². The monoisotopic (exact) mass is 437 g/mol. The first-order valence-electron chi connectivity index (χ1n) is 8.03. The lowest BCUT2D eigenvalue weighted by atomic mass is 10.2. The summed E-state index contributed by atoms with van der Waals surface area (Å²) >= 11 is 18.6. The number of carbonyl (C=O) groups excluding carboxylic acids is 2. The zero-order valence-electron chi connectivity index (χ0n) is 14.8. The Hall–Kier alpha value is -2.61. The number of anilines is 2. The van der Waals surface area contributed by atoms with E-state index in [4.69, 9.17) is 34.8 Å². The van der Waals surface area contributed by atoms with Crippen molar-refractivity contribution in [2.45, 2.75) is 13.8 Å². The van der Waals surface area contributed by atoms with Crippen molar-refractivity contribution in [3.63, 3.8) is 0 Å². The van der Waals surface area contributed by atoms with Gasteiger partial charge in [-0.25, -0.2) is 9.67 Å². The van der Waals surface area contributed by atoms with Crippen LogP contribution in [-0.2, 0) is 4.79 Å². The Bertz CT molecular complexity index is 1060.